The Labute approximate surface area is 76.9 Å². The van der Waals surface area contributed by atoms with E-state index in [2.05, 4.69) is 26.8 Å². The van der Waals surface area contributed by atoms with Crippen molar-refractivity contribution in [3.63, 3.8) is 0 Å². The molecule has 1 atom stereocenters. The predicted octanol–water partition coefficient (Wildman–Crippen LogP) is 2.64. The predicted molar refractivity (Wildman–Crippen MR) is 40.2 cm³/mol. The fourth-order valence-electron chi connectivity index (χ4n) is 0.863. The van der Waals surface area contributed by atoms with Gasteiger partial charge in [0.1, 0.15) is 0 Å². The first-order valence-corrected chi connectivity index (χ1v) is 3.83. The van der Waals surface area contributed by atoms with Crippen molar-refractivity contribution >= 4 is 8.19 Å². The molecule has 0 saturated carbocycles. The van der Waals surface area contributed by atoms with Gasteiger partial charge in [-0.3, -0.25) is 0 Å². The maximum atomic E-state index is 2.27. The van der Waals surface area contributed by atoms with E-state index in [0.29, 0.717) is 0 Å². The molecule has 1 heterocycles. The summed E-state index contributed by atoms with van der Waals surface area (Å²) in [4.78, 5) is 0. The molecule has 9 heavy (non-hydrogen) atoms. The van der Waals surface area contributed by atoms with Crippen LogP contribution in [0.1, 0.15) is 16.2 Å². The van der Waals surface area contributed by atoms with Crippen molar-refractivity contribution in [2.45, 2.75) is 20.8 Å². The molecular formula is C7H11PSc. The Balaban J connectivity index is 0.000000640. The smallest absolute Gasteiger partial charge is 0 e. The average molecular weight is 171 g/mol. The summed E-state index contributed by atoms with van der Waals surface area (Å²) in [6, 6.07) is 2.27. The van der Waals surface area contributed by atoms with E-state index in [-0.39, 0.29) is 25.8 Å². The number of rotatable bonds is 0. The number of aryl methyl sites for hydroxylation is 3. The second-order valence-corrected chi connectivity index (χ2v) is 4.05. The zero-order valence-corrected chi connectivity index (χ0v) is 8.96. The van der Waals surface area contributed by atoms with Crippen LogP contribution in [0, 0.1) is 20.8 Å². The molecule has 47 valence electrons. The maximum absolute atomic E-state index is 2.27. The monoisotopic (exact) mass is 171 g/mol. The Morgan fingerprint density at radius 2 is 1.78 bits per heavy atom. The van der Waals surface area contributed by atoms with Gasteiger partial charge in [0.05, 0.1) is 0 Å². The molecule has 0 spiro atoms. The van der Waals surface area contributed by atoms with Crippen LogP contribution in [0.3, 0.4) is 0 Å². The second-order valence-electron chi connectivity index (χ2n) is 2.26. The standard InChI is InChI=1S/C7H11P.Sc/c1-5-4-6(2)8-7(5)3;/h4,8H,1-3H3;. The minimum absolute atomic E-state index is 0. The van der Waals surface area contributed by atoms with Gasteiger partial charge >= 0.3 is 0 Å². The van der Waals surface area contributed by atoms with Crippen molar-refractivity contribution in [2.24, 2.45) is 0 Å². The van der Waals surface area contributed by atoms with Crippen LogP contribution in [0.5, 0.6) is 0 Å². The van der Waals surface area contributed by atoms with Crippen molar-refractivity contribution in [1.29, 1.82) is 0 Å². The Kier molecular flexibility index (Phi) is 4.00. The summed E-state index contributed by atoms with van der Waals surface area (Å²) in [5.41, 5.74) is 1.47. The van der Waals surface area contributed by atoms with Crippen molar-refractivity contribution in [3.05, 3.63) is 22.2 Å². The van der Waals surface area contributed by atoms with E-state index in [4.69, 9.17) is 0 Å². The van der Waals surface area contributed by atoms with Gasteiger partial charge in [-0.1, -0.05) is 6.07 Å². The molecule has 1 aromatic rings. The number of hydrogen-bond acceptors (Lipinski definition) is 0. The summed E-state index contributed by atoms with van der Waals surface area (Å²) in [5, 5.41) is 3.09. The van der Waals surface area contributed by atoms with Crippen LogP contribution in [0.15, 0.2) is 6.07 Å². The largest absolute Gasteiger partial charge is 0.134 e. The van der Waals surface area contributed by atoms with E-state index in [0.717, 1.165) is 8.19 Å². The maximum Gasteiger partial charge on any atom is 0 e. The topological polar surface area (TPSA) is 0 Å². The molecule has 0 nitrogen and oxygen atoms in total. The van der Waals surface area contributed by atoms with Gasteiger partial charge in [0.2, 0.25) is 0 Å². The van der Waals surface area contributed by atoms with Crippen LogP contribution in [0.4, 0.5) is 0 Å². The minimum atomic E-state index is 0. The van der Waals surface area contributed by atoms with E-state index in [9.17, 15) is 0 Å². The minimum Gasteiger partial charge on any atom is -0.134 e. The molecule has 0 aromatic carbocycles. The molecule has 0 bridgehead atoms. The molecular weight excluding hydrogens is 160 g/mol. The van der Waals surface area contributed by atoms with E-state index in [1.807, 2.05) is 0 Å². The van der Waals surface area contributed by atoms with Crippen molar-refractivity contribution < 1.29 is 25.8 Å². The van der Waals surface area contributed by atoms with Crippen LogP contribution in [0.2, 0.25) is 0 Å². The summed E-state index contributed by atoms with van der Waals surface area (Å²) in [7, 11) is 0.977. The van der Waals surface area contributed by atoms with Gasteiger partial charge in [0.25, 0.3) is 0 Å². The third-order valence-electron chi connectivity index (χ3n) is 1.41. The molecule has 1 rings (SSSR count). The molecule has 0 saturated heterocycles. The zero-order valence-electron chi connectivity index (χ0n) is 6.15. The molecule has 0 amide bonds. The Hall–Kier alpha value is 0.650. The van der Waals surface area contributed by atoms with Gasteiger partial charge in [0, 0.05) is 25.8 Å². The van der Waals surface area contributed by atoms with Crippen LogP contribution in [0.25, 0.3) is 0 Å². The van der Waals surface area contributed by atoms with Crippen molar-refractivity contribution in [2.75, 3.05) is 0 Å². The van der Waals surface area contributed by atoms with Crippen LogP contribution in [-0.4, -0.2) is 0 Å². The molecule has 0 aliphatic heterocycles. The van der Waals surface area contributed by atoms with Gasteiger partial charge in [-0.15, -0.1) is 8.19 Å². The zero-order chi connectivity index (χ0) is 6.15. The van der Waals surface area contributed by atoms with Crippen LogP contribution < -0.4 is 0 Å². The summed E-state index contributed by atoms with van der Waals surface area (Å²) in [6.45, 7) is 6.58. The van der Waals surface area contributed by atoms with E-state index in [1.165, 1.54) is 10.9 Å². The summed E-state index contributed by atoms with van der Waals surface area (Å²) in [6.07, 6.45) is 0. The normalized spacial score (nSPS) is 9.67. The number of hydrogen-bond donors (Lipinski definition) is 0. The van der Waals surface area contributed by atoms with Gasteiger partial charge < -0.3 is 0 Å². The Morgan fingerprint density at radius 3 is 1.89 bits per heavy atom. The summed E-state index contributed by atoms with van der Waals surface area (Å²) < 4.78 is 0. The van der Waals surface area contributed by atoms with Gasteiger partial charge in [0.15, 0.2) is 0 Å². The fraction of sp³-hybridized carbons (Fsp3) is 0.429. The second kappa shape index (κ2) is 3.73. The van der Waals surface area contributed by atoms with Crippen LogP contribution >= 0.6 is 8.19 Å². The third kappa shape index (κ3) is 2.39. The Bertz CT molecular complexity index is 171. The molecule has 0 aliphatic carbocycles. The van der Waals surface area contributed by atoms with Gasteiger partial charge in [-0.05, 0) is 36.9 Å². The molecule has 1 unspecified atom stereocenters. The first kappa shape index (κ1) is 9.65. The van der Waals surface area contributed by atoms with Gasteiger partial charge in [-0.25, -0.2) is 0 Å². The molecule has 0 fully saturated rings. The molecule has 1 radical (unpaired) electrons. The average Bonchev–Trinajstić information content (AvgIpc) is 1.85. The van der Waals surface area contributed by atoms with Gasteiger partial charge in [-0.2, -0.15) is 0 Å². The fourth-order valence-corrected chi connectivity index (χ4v) is 2.01. The molecule has 1 aromatic heterocycles. The quantitative estimate of drug-likeness (QED) is 0.562. The molecule has 2 heteroatoms. The van der Waals surface area contributed by atoms with Crippen molar-refractivity contribution in [3.8, 4) is 0 Å². The van der Waals surface area contributed by atoms with Crippen LogP contribution in [-0.2, 0) is 25.8 Å². The van der Waals surface area contributed by atoms with Crippen molar-refractivity contribution in [1.82, 2.24) is 0 Å². The first-order chi connectivity index (χ1) is 3.70. The van der Waals surface area contributed by atoms with E-state index < -0.39 is 0 Å². The SMILES string of the molecule is Cc1cc(C)c(C)[pH]1.[Sc]. The van der Waals surface area contributed by atoms with E-state index >= 15 is 0 Å². The molecule has 0 aliphatic rings. The van der Waals surface area contributed by atoms with E-state index in [1.54, 1.807) is 5.30 Å². The molecule has 0 N–H and O–H groups in total. The summed E-state index contributed by atoms with van der Waals surface area (Å²) in [5.74, 6) is 0. The Morgan fingerprint density at radius 1 is 1.22 bits per heavy atom. The third-order valence-corrected chi connectivity index (χ3v) is 2.72. The first-order valence-electron chi connectivity index (χ1n) is 2.83. The summed E-state index contributed by atoms with van der Waals surface area (Å²) >= 11 is 0.